The number of hydrogen-bond donors (Lipinski definition) is 1. The van der Waals surface area contributed by atoms with Gasteiger partial charge < -0.3 is 5.32 Å². The molecular weight excluding hydrogens is 214 g/mol. The molecule has 0 aromatic heterocycles. The average molecular weight is 235 g/mol. The van der Waals surface area contributed by atoms with Crippen LogP contribution < -0.4 is 5.32 Å². The van der Waals surface area contributed by atoms with Gasteiger partial charge in [0.25, 0.3) is 0 Å². The molecule has 16 heavy (non-hydrogen) atoms. The van der Waals surface area contributed by atoms with Crippen LogP contribution in [-0.4, -0.2) is 12.8 Å². The van der Waals surface area contributed by atoms with Crippen LogP contribution in [0, 0.1) is 19.8 Å². The van der Waals surface area contributed by atoms with Crippen molar-refractivity contribution in [3.05, 3.63) is 34.4 Å². The van der Waals surface area contributed by atoms with E-state index in [-0.39, 0.29) is 0 Å². The summed E-state index contributed by atoms with van der Waals surface area (Å²) in [6.07, 6.45) is 0. The van der Waals surface area contributed by atoms with E-state index in [0.717, 1.165) is 0 Å². The van der Waals surface area contributed by atoms with Crippen molar-refractivity contribution >= 4 is 11.8 Å². The predicted molar refractivity (Wildman–Crippen MR) is 73.0 cm³/mol. The van der Waals surface area contributed by atoms with E-state index in [2.05, 4.69) is 57.0 Å². The van der Waals surface area contributed by atoms with Gasteiger partial charge in [-0.15, -0.1) is 0 Å². The number of rotatable bonds is 1. The van der Waals surface area contributed by atoms with Crippen molar-refractivity contribution in [2.75, 3.05) is 12.8 Å². The molecule has 88 valence electrons. The SMILES string of the molecule is CNC1c2c(C)cc(C)cc2CSCC1C. The molecule has 1 nitrogen and oxygen atoms in total. The number of nitrogens with one attached hydrogen (secondary N) is 1. The number of hydrogen-bond acceptors (Lipinski definition) is 2. The zero-order valence-corrected chi connectivity index (χ0v) is 11.4. The lowest BCUT2D eigenvalue weighted by Gasteiger charge is -2.24. The van der Waals surface area contributed by atoms with Crippen molar-refractivity contribution in [1.82, 2.24) is 5.32 Å². The van der Waals surface area contributed by atoms with Crippen LogP contribution in [0.25, 0.3) is 0 Å². The Bertz CT molecular complexity index is 387. The highest BCUT2D eigenvalue weighted by atomic mass is 32.2. The quantitative estimate of drug-likeness (QED) is 0.800. The molecule has 2 atom stereocenters. The van der Waals surface area contributed by atoms with E-state index in [9.17, 15) is 0 Å². The molecule has 2 heteroatoms. The minimum absolute atomic E-state index is 0.519. The lowest BCUT2D eigenvalue weighted by Crippen LogP contribution is -2.25. The van der Waals surface area contributed by atoms with Crippen molar-refractivity contribution in [2.24, 2.45) is 5.92 Å². The molecule has 0 saturated carbocycles. The van der Waals surface area contributed by atoms with Crippen LogP contribution in [0.15, 0.2) is 12.1 Å². The largest absolute Gasteiger partial charge is 0.313 e. The maximum atomic E-state index is 3.50. The molecule has 0 saturated heterocycles. The first-order chi connectivity index (χ1) is 7.63. The normalized spacial score (nSPS) is 25.0. The van der Waals surface area contributed by atoms with Crippen LogP contribution >= 0.6 is 11.8 Å². The highest BCUT2D eigenvalue weighted by molar-refractivity contribution is 7.98. The summed E-state index contributed by atoms with van der Waals surface area (Å²) in [6.45, 7) is 6.79. The van der Waals surface area contributed by atoms with Gasteiger partial charge in [-0.25, -0.2) is 0 Å². The van der Waals surface area contributed by atoms with E-state index in [1.165, 1.54) is 28.2 Å². The van der Waals surface area contributed by atoms with Gasteiger partial charge in [-0.1, -0.05) is 24.6 Å². The molecule has 0 bridgehead atoms. The maximum Gasteiger partial charge on any atom is 0.0357 e. The Morgan fingerprint density at radius 3 is 2.75 bits per heavy atom. The Hall–Kier alpha value is -0.470. The van der Waals surface area contributed by atoms with Gasteiger partial charge in [0.1, 0.15) is 0 Å². The Balaban J connectivity index is 2.53. The molecule has 0 amide bonds. The van der Waals surface area contributed by atoms with E-state index in [1.807, 2.05) is 0 Å². The molecule has 2 unspecified atom stereocenters. The Kier molecular flexibility index (Phi) is 3.60. The number of aryl methyl sites for hydroxylation is 2. The highest BCUT2D eigenvalue weighted by Crippen LogP contribution is 2.36. The third-order valence-electron chi connectivity index (χ3n) is 3.45. The second kappa shape index (κ2) is 4.80. The van der Waals surface area contributed by atoms with E-state index in [0.29, 0.717) is 12.0 Å². The lowest BCUT2D eigenvalue weighted by molar-refractivity contribution is 0.448. The number of thioether (sulfide) groups is 1. The standard InChI is InChI=1S/C14H21NS/c1-9-5-10(2)13-12(6-9)8-16-7-11(3)14(13)15-4/h5-6,11,14-15H,7-8H2,1-4H3. The zero-order chi connectivity index (χ0) is 11.7. The summed E-state index contributed by atoms with van der Waals surface area (Å²) < 4.78 is 0. The Labute approximate surface area is 103 Å². The van der Waals surface area contributed by atoms with Gasteiger partial charge in [-0.2, -0.15) is 11.8 Å². The van der Waals surface area contributed by atoms with Crippen molar-refractivity contribution in [3.63, 3.8) is 0 Å². The van der Waals surface area contributed by atoms with Crippen LogP contribution in [0.5, 0.6) is 0 Å². The van der Waals surface area contributed by atoms with Crippen LogP contribution in [0.1, 0.15) is 35.2 Å². The molecule has 1 aromatic rings. The van der Waals surface area contributed by atoms with E-state index in [1.54, 1.807) is 5.56 Å². The van der Waals surface area contributed by atoms with E-state index in [4.69, 9.17) is 0 Å². The summed E-state index contributed by atoms with van der Waals surface area (Å²) in [5, 5.41) is 3.50. The second-order valence-electron chi connectivity index (χ2n) is 4.91. The summed E-state index contributed by atoms with van der Waals surface area (Å²) in [7, 11) is 2.08. The third kappa shape index (κ3) is 2.14. The Morgan fingerprint density at radius 2 is 2.06 bits per heavy atom. The summed E-state index contributed by atoms with van der Waals surface area (Å²) in [5.41, 5.74) is 5.92. The molecule has 0 fully saturated rings. The van der Waals surface area contributed by atoms with E-state index >= 15 is 0 Å². The summed E-state index contributed by atoms with van der Waals surface area (Å²) in [5.74, 6) is 3.12. The van der Waals surface area contributed by atoms with Crippen LogP contribution in [0.2, 0.25) is 0 Å². The lowest BCUT2D eigenvalue weighted by atomic mass is 9.88. The Morgan fingerprint density at radius 1 is 1.31 bits per heavy atom. The molecule has 0 aliphatic carbocycles. The molecule has 1 aliphatic heterocycles. The van der Waals surface area contributed by atoms with Crippen LogP contribution in [0.3, 0.4) is 0 Å². The van der Waals surface area contributed by atoms with Gasteiger partial charge in [0.15, 0.2) is 0 Å². The summed E-state index contributed by atoms with van der Waals surface area (Å²) in [4.78, 5) is 0. The molecular formula is C14H21NS. The zero-order valence-electron chi connectivity index (χ0n) is 10.6. The van der Waals surface area contributed by atoms with Gasteiger partial charge in [0.05, 0.1) is 0 Å². The number of benzene rings is 1. The smallest absolute Gasteiger partial charge is 0.0357 e. The molecule has 1 aliphatic rings. The summed E-state index contributed by atoms with van der Waals surface area (Å²) in [6, 6.07) is 5.19. The first-order valence-corrected chi connectivity index (χ1v) is 7.14. The van der Waals surface area contributed by atoms with Crippen molar-refractivity contribution < 1.29 is 0 Å². The van der Waals surface area contributed by atoms with Gasteiger partial charge in [-0.05, 0) is 49.3 Å². The van der Waals surface area contributed by atoms with Crippen LogP contribution in [-0.2, 0) is 5.75 Å². The molecule has 0 radical (unpaired) electrons. The van der Waals surface area contributed by atoms with Crippen molar-refractivity contribution in [2.45, 2.75) is 32.6 Å². The molecule has 1 N–H and O–H groups in total. The predicted octanol–water partition coefficient (Wildman–Crippen LogP) is 3.45. The first kappa shape index (κ1) is 12.0. The fraction of sp³-hybridized carbons (Fsp3) is 0.571. The van der Waals surface area contributed by atoms with Crippen molar-refractivity contribution in [3.8, 4) is 0 Å². The average Bonchev–Trinajstić information content (AvgIpc) is 2.36. The van der Waals surface area contributed by atoms with E-state index < -0.39 is 0 Å². The molecule has 1 aromatic carbocycles. The van der Waals surface area contributed by atoms with Gasteiger partial charge in [-0.3, -0.25) is 0 Å². The fourth-order valence-corrected chi connectivity index (χ4v) is 3.94. The fourth-order valence-electron chi connectivity index (χ4n) is 2.80. The van der Waals surface area contributed by atoms with Gasteiger partial charge in [0.2, 0.25) is 0 Å². The van der Waals surface area contributed by atoms with Gasteiger partial charge >= 0.3 is 0 Å². The molecule has 0 spiro atoms. The second-order valence-corrected chi connectivity index (χ2v) is 5.94. The van der Waals surface area contributed by atoms with Gasteiger partial charge in [0, 0.05) is 11.8 Å². The highest BCUT2D eigenvalue weighted by Gasteiger charge is 2.25. The molecule has 2 rings (SSSR count). The van der Waals surface area contributed by atoms with Crippen molar-refractivity contribution in [1.29, 1.82) is 0 Å². The maximum absolute atomic E-state index is 3.50. The van der Waals surface area contributed by atoms with Crippen LogP contribution in [0.4, 0.5) is 0 Å². The molecule has 1 heterocycles. The summed E-state index contributed by atoms with van der Waals surface area (Å²) >= 11 is 2.06. The minimum Gasteiger partial charge on any atom is -0.313 e. The minimum atomic E-state index is 0.519. The first-order valence-electron chi connectivity index (χ1n) is 5.98. The topological polar surface area (TPSA) is 12.0 Å². The third-order valence-corrected chi connectivity index (χ3v) is 4.72. The number of fused-ring (bicyclic) bond motifs is 1. The monoisotopic (exact) mass is 235 g/mol.